The first-order valence-electron chi connectivity index (χ1n) is 14.1. The quantitative estimate of drug-likeness (QED) is 0.207. The average molecular weight is 662 g/mol. The van der Waals surface area contributed by atoms with Crippen molar-refractivity contribution in [2.24, 2.45) is 30.0 Å². The van der Waals surface area contributed by atoms with Crippen LogP contribution in [0.4, 0.5) is 11.6 Å². The first-order chi connectivity index (χ1) is 22.1. The van der Waals surface area contributed by atoms with Gasteiger partial charge < -0.3 is 0 Å². The molecule has 6 bridgehead atoms. The Labute approximate surface area is 262 Å². The van der Waals surface area contributed by atoms with Crippen LogP contribution < -0.4 is 11.0 Å². The van der Waals surface area contributed by atoms with E-state index in [9.17, 15) is 8.76 Å². The summed E-state index contributed by atoms with van der Waals surface area (Å²) in [6.45, 7) is 0. The zero-order chi connectivity index (χ0) is 29.8. The SMILES string of the molecule is O=S([O-])[O][Ga]1[n]2c3c4ccccc4c2N=C2N=C(N=c4c5ccccc5c([n]41)=NC1=NC(=N3)c3ccccc31)c1ccccc12. The molecule has 13 heteroatoms. The number of hydrogen-bond donors (Lipinski definition) is 0. The third-order valence-corrected chi connectivity index (χ3v) is 14.7. The van der Waals surface area contributed by atoms with Gasteiger partial charge in [0.25, 0.3) is 0 Å². The third kappa shape index (κ3) is 3.52. The first kappa shape index (κ1) is 25.3. The summed E-state index contributed by atoms with van der Waals surface area (Å²) in [4.78, 5) is 30.5. The molecule has 0 N–H and O–H groups in total. The minimum absolute atomic E-state index is 0.477. The van der Waals surface area contributed by atoms with Crippen LogP contribution in [0.25, 0.3) is 21.5 Å². The van der Waals surface area contributed by atoms with Crippen LogP contribution in [0.5, 0.6) is 0 Å². The van der Waals surface area contributed by atoms with Crippen LogP contribution in [0, 0.1) is 0 Å². The number of fused-ring (bicyclic) bond motifs is 14. The predicted molar refractivity (Wildman–Crippen MR) is 171 cm³/mol. The Hall–Kier alpha value is -5.05. The van der Waals surface area contributed by atoms with Gasteiger partial charge in [0.15, 0.2) is 0 Å². The number of aliphatic imine (C=N–C) groups is 4. The summed E-state index contributed by atoms with van der Waals surface area (Å²) in [6.07, 6.45) is 0. The molecule has 4 aromatic carbocycles. The summed E-state index contributed by atoms with van der Waals surface area (Å²) in [7, 11) is 0. The molecule has 10 rings (SSSR count). The molecule has 0 saturated heterocycles. The zero-order valence-corrected chi connectivity index (χ0v) is 26.3. The molecule has 0 saturated carbocycles. The Morgan fingerprint density at radius 2 is 0.889 bits per heavy atom. The number of rotatable bonds is 2. The minimum atomic E-state index is -4.10. The van der Waals surface area contributed by atoms with Gasteiger partial charge in [-0.05, 0) is 0 Å². The zero-order valence-electron chi connectivity index (χ0n) is 23.0. The first-order valence-corrected chi connectivity index (χ1v) is 18.3. The molecule has 0 radical (unpaired) electrons. The van der Waals surface area contributed by atoms with Gasteiger partial charge in [-0.1, -0.05) is 0 Å². The molecule has 4 aliphatic rings. The van der Waals surface area contributed by atoms with E-state index < -0.39 is 28.4 Å². The molecule has 2 aromatic heterocycles. The van der Waals surface area contributed by atoms with E-state index in [2.05, 4.69) is 0 Å². The Kier molecular flexibility index (Phi) is 5.19. The fourth-order valence-electron chi connectivity index (χ4n) is 6.54. The summed E-state index contributed by atoms with van der Waals surface area (Å²) in [5, 5.41) is 3.13. The van der Waals surface area contributed by atoms with E-state index in [0.29, 0.717) is 46.0 Å². The molecule has 6 heterocycles. The standard InChI is InChI=1S/C32H16N8.Ga.H2O3S/c1-2-10-18-17(9-1)25-33-26(18)38-28-21-13-5-6-14-22(21)30(35-28)40-32-24-16-8-7-15-23(24)31(36-32)39-29-20-12-4-3-11-19(20)27(34-29)37-25;;1-4(2)3/h1-16H;;(H2,1,2,3)/q-2;+3;/p-2. The van der Waals surface area contributed by atoms with Crippen LogP contribution in [0.1, 0.15) is 22.3 Å². The molecule has 1 unspecified atom stereocenters. The number of nitrogens with zero attached hydrogens (tertiary/aromatic N) is 8. The molecule has 0 fully saturated rings. The molecular weight excluding hydrogens is 646 g/mol. The van der Waals surface area contributed by atoms with Gasteiger partial charge in [0.2, 0.25) is 0 Å². The molecular formula is C32H16GaN8O3S-. The second kappa shape index (κ2) is 9.23. The topological polar surface area (TPSA) is 133 Å². The van der Waals surface area contributed by atoms with Crippen LogP contribution in [0.15, 0.2) is 127 Å². The van der Waals surface area contributed by atoms with Crippen molar-refractivity contribution in [3.63, 3.8) is 0 Å². The van der Waals surface area contributed by atoms with E-state index in [4.69, 9.17) is 32.9 Å². The summed E-state index contributed by atoms with van der Waals surface area (Å²) in [5.74, 6) is 2.91. The van der Waals surface area contributed by atoms with Crippen LogP contribution in [-0.2, 0) is 14.3 Å². The second-order valence-electron chi connectivity index (χ2n) is 10.8. The van der Waals surface area contributed by atoms with Crippen LogP contribution in [0.2, 0.25) is 0 Å². The Morgan fingerprint density at radius 1 is 0.511 bits per heavy atom. The molecule has 11 nitrogen and oxygen atoms in total. The van der Waals surface area contributed by atoms with E-state index >= 15 is 0 Å². The van der Waals surface area contributed by atoms with Crippen molar-refractivity contribution in [3.05, 3.63) is 130 Å². The van der Waals surface area contributed by atoms with Crippen molar-refractivity contribution in [3.8, 4) is 0 Å². The van der Waals surface area contributed by atoms with E-state index in [0.717, 1.165) is 43.8 Å². The van der Waals surface area contributed by atoms with Crippen LogP contribution in [0.3, 0.4) is 0 Å². The maximum absolute atomic E-state index is 12.6. The Balaban J connectivity index is 1.51. The average Bonchev–Trinajstić information content (AvgIpc) is 3.77. The number of amidine groups is 4. The van der Waals surface area contributed by atoms with Crippen molar-refractivity contribution in [2.75, 3.05) is 0 Å². The monoisotopic (exact) mass is 661 g/mol. The van der Waals surface area contributed by atoms with Gasteiger partial charge in [-0.15, -0.1) is 0 Å². The second-order valence-corrected chi connectivity index (χ2v) is 16.2. The molecule has 212 valence electrons. The van der Waals surface area contributed by atoms with E-state index in [1.807, 2.05) is 104 Å². The van der Waals surface area contributed by atoms with Crippen molar-refractivity contribution in [1.29, 1.82) is 0 Å². The van der Waals surface area contributed by atoms with Crippen molar-refractivity contribution in [2.45, 2.75) is 0 Å². The molecule has 0 amide bonds. The van der Waals surface area contributed by atoms with Gasteiger partial charge in [0, 0.05) is 0 Å². The van der Waals surface area contributed by atoms with Gasteiger partial charge in [-0.25, -0.2) is 0 Å². The fourth-order valence-corrected chi connectivity index (χ4v) is 12.7. The Bertz CT molecular complexity index is 2470. The van der Waals surface area contributed by atoms with Crippen LogP contribution in [-0.4, -0.2) is 55.7 Å². The van der Waals surface area contributed by atoms with E-state index in [1.165, 1.54) is 0 Å². The molecule has 6 aromatic rings. The summed E-state index contributed by atoms with van der Waals surface area (Å²) < 4.78 is 35.0. The molecule has 45 heavy (non-hydrogen) atoms. The number of hydrogen-bond acceptors (Lipinski definition) is 9. The number of benzene rings is 4. The van der Waals surface area contributed by atoms with Gasteiger partial charge in [0.1, 0.15) is 0 Å². The Morgan fingerprint density at radius 3 is 1.31 bits per heavy atom. The maximum atomic E-state index is 12.6. The van der Waals surface area contributed by atoms with Gasteiger partial charge >= 0.3 is 263 Å². The predicted octanol–water partition coefficient (Wildman–Crippen LogP) is 3.73. The summed E-state index contributed by atoms with van der Waals surface area (Å²) in [5.41, 5.74) is 4.32. The van der Waals surface area contributed by atoms with E-state index in [-0.39, 0.29) is 0 Å². The third-order valence-electron chi connectivity index (χ3n) is 8.43. The van der Waals surface area contributed by atoms with Gasteiger partial charge in [0.05, 0.1) is 0 Å². The van der Waals surface area contributed by atoms with Crippen molar-refractivity contribution < 1.29 is 11.7 Å². The summed E-state index contributed by atoms with van der Waals surface area (Å²) >= 11 is -6.98. The summed E-state index contributed by atoms with van der Waals surface area (Å²) in [6, 6.07) is 31.2. The molecule has 0 spiro atoms. The molecule has 1 atom stereocenters. The van der Waals surface area contributed by atoms with E-state index in [1.54, 1.807) is 0 Å². The molecule has 0 aliphatic carbocycles. The molecule has 4 aliphatic heterocycles. The normalized spacial score (nSPS) is 16.2. The van der Waals surface area contributed by atoms with Crippen molar-refractivity contribution in [1.82, 2.24) is 6.55 Å². The number of aromatic nitrogens is 2. The van der Waals surface area contributed by atoms with Gasteiger partial charge in [-0.2, -0.15) is 0 Å². The van der Waals surface area contributed by atoms with Crippen molar-refractivity contribution >= 4 is 84.9 Å². The van der Waals surface area contributed by atoms with Gasteiger partial charge in [-0.3, -0.25) is 0 Å². The fraction of sp³-hybridized carbons (Fsp3) is 0. The van der Waals surface area contributed by atoms with Crippen LogP contribution >= 0.6 is 0 Å².